The maximum atomic E-state index is 6.11. The molecule has 3 nitrogen and oxygen atoms in total. The summed E-state index contributed by atoms with van der Waals surface area (Å²) in [4.78, 5) is 0. The second-order valence-corrected chi connectivity index (χ2v) is 5.98. The van der Waals surface area contributed by atoms with E-state index in [0.29, 0.717) is 0 Å². The van der Waals surface area contributed by atoms with E-state index in [1.807, 2.05) is 31.3 Å². The third-order valence-electron chi connectivity index (χ3n) is 3.90. The number of benzene rings is 2. The highest BCUT2D eigenvalue weighted by atomic mass is 79.9. The Balaban J connectivity index is 1.87. The minimum Gasteiger partial charge on any atom is -0.497 e. The number of fused-ring (bicyclic) bond motifs is 1. The van der Waals surface area contributed by atoms with E-state index in [1.54, 1.807) is 7.11 Å². The van der Waals surface area contributed by atoms with Gasteiger partial charge in [0, 0.05) is 10.9 Å². The van der Waals surface area contributed by atoms with Crippen LogP contribution in [0.4, 0.5) is 0 Å². The van der Waals surface area contributed by atoms with Crippen LogP contribution in [0.1, 0.15) is 17.2 Å². The van der Waals surface area contributed by atoms with Gasteiger partial charge in [0.05, 0.1) is 13.2 Å². The van der Waals surface area contributed by atoms with Gasteiger partial charge >= 0.3 is 0 Å². The molecule has 0 aliphatic carbocycles. The van der Waals surface area contributed by atoms with Gasteiger partial charge in [-0.25, -0.2) is 0 Å². The summed E-state index contributed by atoms with van der Waals surface area (Å²) in [7, 11) is 3.64. The molecule has 0 radical (unpaired) electrons. The first-order valence-corrected chi connectivity index (χ1v) is 7.77. The molecule has 1 heterocycles. The fourth-order valence-corrected chi connectivity index (χ4v) is 3.43. The number of para-hydroxylation sites is 1. The zero-order valence-electron chi connectivity index (χ0n) is 12.1. The zero-order valence-corrected chi connectivity index (χ0v) is 13.7. The topological polar surface area (TPSA) is 30.5 Å². The van der Waals surface area contributed by atoms with Crippen molar-refractivity contribution in [2.75, 3.05) is 14.2 Å². The molecule has 2 aromatic carbocycles. The van der Waals surface area contributed by atoms with Gasteiger partial charge in [-0.15, -0.1) is 0 Å². The molecule has 0 bridgehead atoms. The number of nitrogens with one attached hydrogen (secondary N) is 1. The van der Waals surface area contributed by atoms with Gasteiger partial charge in [-0.3, -0.25) is 0 Å². The summed E-state index contributed by atoms with van der Waals surface area (Å²) in [5, 5.41) is 3.38. The van der Waals surface area contributed by atoms with Crippen LogP contribution in [0.3, 0.4) is 0 Å². The number of halogens is 1. The van der Waals surface area contributed by atoms with Crippen LogP contribution in [-0.2, 0) is 6.42 Å². The lowest BCUT2D eigenvalue weighted by atomic mass is 9.98. The van der Waals surface area contributed by atoms with Crippen molar-refractivity contribution in [3.8, 4) is 11.5 Å². The van der Waals surface area contributed by atoms with Crippen molar-refractivity contribution in [2.45, 2.75) is 18.6 Å². The average molecular weight is 348 g/mol. The Morgan fingerprint density at radius 2 is 2.10 bits per heavy atom. The van der Waals surface area contributed by atoms with E-state index in [9.17, 15) is 0 Å². The molecule has 2 atom stereocenters. The van der Waals surface area contributed by atoms with Crippen molar-refractivity contribution in [2.24, 2.45) is 0 Å². The van der Waals surface area contributed by atoms with E-state index in [-0.39, 0.29) is 12.1 Å². The van der Waals surface area contributed by atoms with Crippen LogP contribution >= 0.6 is 15.9 Å². The second-order valence-electron chi connectivity index (χ2n) is 5.12. The van der Waals surface area contributed by atoms with E-state index >= 15 is 0 Å². The number of ether oxygens (including phenoxy) is 2. The highest BCUT2D eigenvalue weighted by Crippen LogP contribution is 2.36. The molecule has 0 amide bonds. The summed E-state index contributed by atoms with van der Waals surface area (Å²) in [5.74, 6) is 1.84. The van der Waals surface area contributed by atoms with Crippen LogP contribution in [0.15, 0.2) is 46.9 Å². The molecule has 2 unspecified atom stereocenters. The van der Waals surface area contributed by atoms with Gasteiger partial charge in [-0.1, -0.05) is 40.2 Å². The fraction of sp³-hybridized carbons (Fsp3) is 0.294. The Morgan fingerprint density at radius 3 is 2.76 bits per heavy atom. The van der Waals surface area contributed by atoms with E-state index in [4.69, 9.17) is 9.47 Å². The van der Waals surface area contributed by atoms with Gasteiger partial charge in [0.25, 0.3) is 0 Å². The molecule has 4 heteroatoms. The standard InChI is InChI=1S/C17H18BrNO2/c1-19-17(13-8-7-12(20-2)10-14(13)18)16-9-11-5-3-4-6-15(11)21-16/h3-8,10,16-17,19H,9H2,1-2H3. The largest absolute Gasteiger partial charge is 0.497 e. The SMILES string of the molecule is CNC(c1ccc(OC)cc1Br)C1Cc2ccccc2O1. The Bertz CT molecular complexity index is 619. The van der Waals surface area contributed by atoms with Crippen molar-refractivity contribution >= 4 is 15.9 Å². The molecule has 0 spiro atoms. The van der Waals surface area contributed by atoms with Gasteiger partial charge in [0.15, 0.2) is 0 Å². The highest BCUT2D eigenvalue weighted by molar-refractivity contribution is 9.10. The quantitative estimate of drug-likeness (QED) is 0.914. The summed E-state index contributed by atoms with van der Waals surface area (Å²) in [6.45, 7) is 0. The molecule has 0 aromatic heterocycles. The second kappa shape index (κ2) is 6.08. The summed E-state index contributed by atoms with van der Waals surface area (Å²) >= 11 is 3.64. The van der Waals surface area contributed by atoms with Gasteiger partial charge in [-0.05, 0) is 36.4 Å². The highest BCUT2D eigenvalue weighted by Gasteiger charge is 2.31. The average Bonchev–Trinajstić information content (AvgIpc) is 2.93. The van der Waals surface area contributed by atoms with Crippen molar-refractivity contribution in [3.63, 3.8) is 0 Å². The molecule has 0 saturated carbocycles. The van der Waals surface area contributed by atoms with E-state index in [0.717, 1.165) is 22.4 Å². The summed E-state index contributed by atoms with van der Waals surface area (Å²) in [6.07, 6.45) is 1.01. The molecule has 21 heavy (non-hydrogen) atoms. The van der Waals surface area contributed by atoms with Gasteiger partial charge in [0.1, 0.15) is 17.6 Å². The number of methoxy groups -OCH3 is 1. The third kappa shape index (κ3) is 2.78. The van der Waals surface area contributed by atoms with Crippen LogP contribution in [0.25, 0.3) is 0 Å². The van der Waals surface area contributed by atoms with Gasteiger partial charge < -0.3 is 14.8 Å². The van der Waals surface area contributed by atoms with Crippen LogP contribution in [-0.4, -0.2) is 20.3 Å². The number of rotatable bonds is 4. The van der Waals surface area contributed by atoms with E-state index < -0.39 is 0 Å². The monoisotopic (exact) mass is 347 g/mol. The van der Waals surface area contributed by atoms with Crippen molar-refractivity contribution in [1.29, 1.82) is 0 Å². The lowest BCUT2D eigenvalue weighted by molar-refractivity contribution is 0.183. The number of hydrogen-bond acceptors (Lipinski definition) is 3. The van der Waals surface area contributed by atoms with Crippen LogP contribution in [0.2, 0.25) is 0 Å². The Hall–Kier alpha value is -1.52. The lowest BCUT2D eigenvalue weighted by Gasteiger charge is -2.24. The number of hydrogen-bond donors (Lipinski definition) is 1. The van der Waals surface area contributed by atoms with Crippen molar-refractivity contribution in [1.82, 2.24) is 5.32 Å². The molecular formula is C17H18BrNO2. The minimum atomic E-state index is 0.0945. The lowest BCUT2D eigenvalue weighted by Crippen LogP contribution is -2.33. The first-order chi connectivity index (χ1) is 10.2. The zero-order chi connectivity index (χ0) is 14.8. The summed E-state index contributed by atoms with van der Waals surface area (Å²) in [6, 6.07) is 14.4. The fourth-order valence-electron chi connectivity index (χ4n) is 2.82. The Morgan fingerprint density at radius 1 is 1.29 bits per heavy atom. The predicted molar refractivity (Wildman–Crippen MR) is 87.1 cm³/mol. The molecule has 0 fully saturated rings. The maximum Gasteiger partial charge on any atom is 0.123 e. The maximum absolute atomic E-state index is 6.11. The van der Waals surface area contributed by atoms with Crippen LogP contribution in [0, 0.1) is 0 Å². The molecule has 3 rings (SSSR count). The van der Waals surface area contributed by atoms with Crippen molar-refractivity contribution < 1.29 is 9.47 Å². The van der Waals surface area contributed by atoms with Crippen molar-refractivity contribution in [3.05, 3.63) is 58.1 Å². The van der Waals surface area contributed by atoms with Crippen LogP contribution in [0.5, 0.6) is 11.5 Å². The Kier molecular flexibility index (Phi) is 4.17. The predicted octanol–water partition coefficient (Wildman–Crippen LogP) is 3.72. The van der Waals surface area contributed by atoms with E-state index in [1.165, 1.54) is 11.1 Å². The molecule has 110 valence electrons. The smallest absolute Gasteiger partial charge is 0.123 e. The molecular weight excluding hydrogens is 330 g/mol. The van der Waals surface area contributed by atoms with Gasteiger partial charge in [0.2, 0.25) is 0 Å². The minimum absolute atomic E-state index is 0.0945. The normalized spacial score (nSPS) is 18.0. The summed E-state index contributed by atoms with van der Waals surface area (Å²) < 4.78 is 12.4. The molecule has 1 N–H and O–H groups in total. The molecule has 0 saturated heterocycles. The summed E-state index contributed by atoms with van der Waals surface area (Å²) in [5.41, 5.74) is 2.45. The van der Waals surface area contributed by atoms with E-state index in [2.05, 4.69) is 39.4 Å². The Labute approximate surface area is 133 Å². The number of likely N-dealkylation sites (N-methyl/N-ethyl adjacent to an activating group) is 1. The first kappa shape index (κ1) is 14.4. The van der Waals surface area contributed by atoms with Gasteiger partial charge in [-0.2, -0.15) is 0 Å². The third-order valence-corrected chi connectivity index (χ3v) is 4.58. The first-order valence-electron chi connectivity index (χ1n) is 6.98. The van der Waals surface area contributed by atoms with Crippen LogP contribution < -0.4 is 14.8 Å². The molecule has 2 aromatic rings. The molecule has 1 aliphatic rings. The molecule has 1 aliphatic heterocycles.